The quantitative estimate of drug-likeness (QED) is 0.181. The van der Waals surface area contributed by atoms with Crippen LogP contribution >= 0.6 is 0 Å². The van der Waals surface area contributed by atoms with Gasteiger partial charge in [0.2, 0.25) is 17.7 Å². The van der Waals surface area contributed by atoms with E-state index in [4.69, 9.17) is 14.2 Å². The van der Waals surface area contributed by atoms with Crippen LogP contribution in [0.5, 0.6) is 5.88 Å². The fraction of sp³-hybridized carbons (Fsp3) is 0.548. The molecular formula is C42H50N10O6. The Labute approximate surface area is 335 Å². The molecule has 1 aromatic carbocycles. The molecule has 0 radical (unpaired) electrons. The lowest BCUT2D eigenvalue weighted by Crippen LogP contribution is -2.44. The molecule has 2 N–H and O–H groups in total. The van der Waals surface area contributed by atoms with E-state index in [0.717, 1.165) is 123 Å². The average molecular weight is 791 g/mol. The SMILES string of the molecule is Cn1c(=O)n(C2CCC(=O)NC2=O)c2ccc(N3CCC(OC4CC(COC5CCN(c6cc(-c7n[nH]c8cnc(OC9(C)CC9)cc78)ncn6)CC5)C4)CC3)cc21. The number of aromatic nitrogens is 7. The number of fused-ring (bicyclic) bond motifs is 2. The van der Waals surface area contributed by atoms with Gasteiger partial charge >= 0.3 is 5.69 Å². The summed E-state index contributed by atoms with van der Waals surface area (Å²) < 4.78 is 22.2. The maximum atomic E-state index is 13.2. The minimum Gasteiger partial charge on any atom is -0.471 e. The highest BCUT2D eigenvalue weighted by Gasteiger charge is 2.40. The Morgan fingerprint density at radius 2 is 1.64 bits per heavy atom. The average Bonchev–Trinajstić information content (AvgIpc) is 3.70. The number of nitrogens with zero attached hydrogens (tertiary/aromatic N) is 8. The van der Waals surface area contributed by atoms with Crippen LogP contribution in [0.1, 0.15) is 77.2 Å². The van der Waals surface area contributed by atoms with E-state index in [1.165, 1.54) is 4.57 Å². The van der Waals surface area contributed by atoms with Gasteiger partial charge in [0.05, 0.1) is 46.8 Å². The highest BCUT2D eigenvalue weighted by Crippen LogP contribution is 2.40. The molecule has 2 aliphatic carbocycles. The summed E-state index contributed by atoms with van der Waals surface area (Å²) in [5.74, 6) is 1.33. The van der Waals surface area contributed by atoms with Gasteiger partial charge in [-0.15, -0.1) is 0 Å². The number of nitrogens with one attached hydrogen (secondary N) is 2. The molecule has 304 valence electrons. The van der Waals surface area contributed by atoms with E-state index in [-0.39, 0.29) is 35.8 Å². The Hall–Kier alpha value is -5.35. The summed E-state index contributed by atoms with van der Waals surface area (Å²) in [6.45, 7) is 6.39. The number of piperidine rings is 3. The number of carbonyl (C=O) groups is 2. The Bertz CT molecular complexity index is 2420. The zero-order chi connectivity index (χ0) is 39.5. The first-order valence-corrected chi connectivity index (χ1v) is 20.8. The molecule has 5 aromatic rings. The Balaban J connectivity index is 0.663. The summed E-state index contributed by atoms with van der Waals surface area (Å²) >= 11 is 0. The van der Waals surface area contributed by atoms with E-state index in [1.807, 2.05) is 30.3 Å². The van der Waals surface area contributed by atoms with Crippen molar-refractivity contribution >= 4 is 45.3 Å². The lowest BCUT2D eigenvalue weighted by Gasteiger charge is -2.41. The van der Waals surface area contributed by atoms with Crippen molar-refractivity contribution in [3.05, 3.63) is 53.3 Å². The lowest BCUT2D eigenvalue weighted by molar-refractivity contribution is -0.135. The van der Waals surface area contributed by atoms with Gasteiger partial charge in [0.1, 0.15) is 29.5 Å². The largest absolute Gasteiger partial charge is 0.471 e. The minimum absolute atomic E-state index is 0.108. The fourth-order valence-corrected chi connectivity index (χ4v) is 9.07. The van der Waals surface area contributed by atoms with Crippen molar-refractivity contribution in [2.24, 2.45) is 13.0 Å². The molecule has 16 nitrogen and oxygen atoms in total. The van der Waals surface area contributed by atoms with Crippen LogP contribution in [0.15, 0.2) is 47.7 Å². The molecule has 5 aliphatic rings. The molecule has 1 unspecified atom stereocenters. The molecule has 7 heterocycles. The second-order valence-electron chi connectivity index (χ2n) is 17.1. The van der Waals surface area contributed by atoms with Crippen molar-refractivity contribution in [2.75, 3.05) is 42.6 Å². The number of rotatable bonds is 11. The minimum atomic E-state index is -0.686. The highest BCUT2D eigenvalue weighted by molar-refractivity contribution is 6.00. The number of benzene rings is 1. The smallest absolute Gasteiger partial charge is 0.329 e. The number of hydrogen-bond donors (Lipinski definition) is 2. The molecule has 16 heteroatoms. The molecule has 0 spiro atoms. The standard InChI is InChI=1S/C42H50N10O6/c1-42(11-12-42)58-38-20-30-32(22-43-38)47-48-39(30)31-21-36(45-24-44-31)51-15-7-27(8-16-51)56-23-25-17-29(18-25)57-28-9-13-50(14-10-28)26-3-4-33-35(19-26)49(2)41(55)52(33)34-5-6-37(53)46-40(34)54/h3-4,19-22,24-25,27-29,34H,5-18,23H2,1-2H3,(H,47,48)(H,46,53,54). The second kappa shape index (κ2) is 14.8. The van der Waals surface area contributed by atoms with E-state index >= 15 is 0 Å². The maximum Gasteiger partial charge on any atom is 0.329 e. The van der Waals surface area contributed by atoms with Gasteiger partial charge in [0.15, 0.2) is 0 Å². The molecule has 2 saturated carbocycles. The van der Waals surface area contributed by atoms with Gasteiger partial charge in [-0.05, 0) is 88.8 Å². The summed E-state index contributed by atoms with van der Waals surface area (Å²) in [7, 11) is 1.73. The van der Waals surface area contributed by atoms with E-state index in [1.54, 1.807) is 24.1 Å². The topological polar surface area (TPSA) is 175 Å². The second-order valence-corrected chi connectivity index (χ2v) is 17.1. The summed E-state index contributed by atoms with van der Waals surface area (Å²) in [4.78, 5) is 55.8. The van der Waals surface area contributed by atoms with Gasteiger partial charge in [-0.3, -0.25) is 29.1 Å². The third kappa shape index (κ3) is 7.20. The van der Waals surface area contributed by atoms with Crippen LogP contribution < -0.4 is 25.5 Å². The Morgan fingerprint density at radius 1 is 0.862 bits per heavy atom. The van der Waals surface area contributed by atoms with Crippen molar-refractivity contribution in [1.82, 2.24) is 39.6 Å². The van der Waals surface area contributed by atoms with Crippen LogP contribution in [0.4, 0.5) is 11.5 Å². The zero-order valence-corrected chi connectivity index (χ0v) is 33.1. The summed E-state index contributed by atoms with van der Waals surface area (Å²) in [5.41, 5.74) is 4.56. The van der Waals surface area contributed by atoms with Crippen LogP contribution in [0, 0.1) is 5.92 Å². The molecular weight excluding hydrogens is 741 g/mol. The van der Waals surface area contributed by atoms with Crippen LogP contribution in [0.3, 0.4) is 0 Å². The summed E-state index contributed by atoms with van der Waals surface area (Å²) in [6.07, 6.45) is 12.7. The number of imidazole rings is 1. The third-order valence-corrected chi connectivity index (χ3v) is 12.9. The first-order chi connectivity index (χ1) is 28.2. The van der Waals surface area contributed by atoms with Gasteiger partial charge in [-0.2, -0.15) is 5.10 Å². The number of carbonyl (C=O) groups excluding carboxylic acids is 2. The Kier molecular flexibility index (Phi) is 9.42. The van der Waals surface area contributed by atoms with E-state index in [2.05, 4.69) is 47.2 Å². The molecule has 1 atom stereocenters. The molecule has 2 amide bonds. The summed E-state index contributed by atoms with van der Waals surface area (Å²) in [6, 6.07) is 9.28. The number of imide groups is 1. The van der Waals surface area contributed by atoms with Crippen LogP contribution in [0.2, 0.25) is 0 Å². The van der Waals surface area contributed by atoms with Crippen LogP contribution in [-0.4, -0.2) is 103 Å². The highest BCUT2D eigenvalue weighted by atomic mass is 16.5. The molecule has 3 aliphatic heterocycles. The maximum absolute atomic E-state index is 13.2. The molecule has 0 bridgehead atoms. The van der Waals surface area contributed by atoms with Crippen molar-refractivity contribution in [2.45, 2.75) is 101 Å². The van der Waals surface area contributed by atoms with Gasteiger partial charge in [-0.1, -0.05) is 0 Å². The number of hydrogen-bond acceptors (Lipinski definition) is 12. The van der Waals surface area contributed by atoms with Crippen molar-refractivity contribution in [3.8, 4) is 17.3 Å². The van der Waals surface area contributed by atoms with Crippen LogP contribution in [0.25, 0.3) is 33.3 Å². The predicted molar refractivity (Wildman–Crippen MR) is 216 cm³/mol. The number of aryl methyl sites for hydroxylation is 1. The molecule has 58 heavy (non-hydrogen) atoms. The first kappa shape index (κ1) is 37.0. The third-order valence-electron chi connectivity index (χ3n) is 12.9. The van der Waals surface area contributed by atoms with Crippen molar-refractivity contribution in [1.29, 1.82) is 0 Å². The fourth-order valence-electron chi connectivity index (χ4n) is 9.07. The van der Waals surface area contributed by atoms with E-state index in [9.17, 15) is 14.4 Å². The normalized spacial score (nSPS) is 24.0. The van der Waals surface area contributed by atoms with Crippen molar-refractivity contribution < 1.29 is 23.8 Å². The number of amides is 2. The van der Waals surface area contributed by atoms with Gasteiger partial charge in [-0.25, -0.2) is 19.7 Å². The number of pyridine rings is 1. The lowest BCUT2D eigenvalue weighted by atomic mass is 9.82. The van der Waals surface area contributed by atoms with Gasteiger partial charge in [0.25, 0.3) is 0 Å². The number of anilines is 2. The zero-order valence-electron chi connectivity index (χ0n) is 33.1. The summed E-state index contributed by atoms with van der Waals surface area (Å²) in [5, 5.41) is 11.0. The first-order valence-electron chi connectivity index (χ1n) is 20.8. The molecule has 3 saturated heterocycles. The Morgan fingerprint density at radius 3 is 2.41 bits per heavy atom. The number of aromatic amines is 1. The van der Waals surface area contributed by atoms with Crippen LogP contribution in [-0.2, 0) is 26.1 Å². The monoisotopic (exact) mass is 790 g/mol. The van der Waals surface area contributed by atoms with Gasteiger partial charge in [0, 0.05) is 69.5 Å². The van der Waals surface area contributed by atoms with E-state index < -0.39 is 11.9 Å². The molecule has 5 fully saturated rings. The molecule has 4 aromatic heterocycles. The molecule has 10 rings (SSSR count). The number of ether oxygens (including phenoxy) is 3. The predicted octanol–water partition coefficient (Wildman–Crippen LogP) is 4.43. The van der Waals surface area contributed by atoms with Gasteiger partial charge < -0.3 is 24.0 Å². The van der Waals surface area contributed by atoms with E-state index in [0.29, 0.717) is 29.8 Å². The number of H-pyrrole nitrogens is 1. The van der Waals surface area contributed by atoms with Crippen molar-refractivity contribution in [3.63, 3.8) is 0 Å².